The van der Waals surface area contributed by atoms with Gasteiger partial charge in [0.2, 0.25) is 0 Å². The maximum Gasteiger partial charge on any atom is 0.0597 e. The van der Waals surface area contributed by atoms with E-state index in [1.165, 1.54) is 25.7 Å². The van der Waals surface area contributed by atoms with E-state index >= 15 is 0 Å². The van der Waals surface area contributed by atoms with Crippen LogP contribution in [0.25, 0.3) is 0 Å². The first-order valence-electron chi connectivity index (χ1n) is 7.21. The number of likely N-dealkylation sites (N-methyl/N-ethyl adjacent to an activating group) is 1. The standard InChI is InChI=1S/C14H30N2O/c1-4-8-15-13(11-17)10-16(3)14-7-5-6-12(2)9-14/h12-15,17H,4-11H2,1-3H3. The third-order valence-electron chi connectivity index (χ3n) is 3.94. The predicted molar refractivity (Wildman–Crippen MR) is 73.2 cm³/mol. The Morgan fingerprint density at radius 1 is 1.41 bits per heavy atom. The molecule has 0 radical (unpaired) electrons. The van der Waals surface area contributed by atoms with Crippen molar-refractivity contribution in [2.24, 2.45) is 5.92 Å². The van der Waals surface area contributed by atoms with Gasteiger partial charge in [-0.3, -0.25) is 0 Å². The lowest BCUT2D eigenvalue weighted by atomic mass is 9.86. The zero-order valence-electron chi connectivity index (χ0n) is 11.8. The third-order valence-corrected chi connectivity index (χ3v) is 3.94. The second-order valence-corrected chi connectivity index (χ2v) is 5.70. The van der Waals surface area contributed by atoms with Crippen LogP contribution >= 0.6 is 0 Å². The van der Waals surface area contributed by atoms with Crippen LogP contribution < -0.4 is 5.32 Å². The van der Waals surface area contributed by atoms with Crippen molar-refractivity contribution in [1.82, 2.24) is 10.2 Å². The van der Waals surface area contributed by atoms with Gasteiger partial charge in [-0.05, 0) is 38.8 Å². The number of rotatable bonds is 7. The van der Waals surface area contributed by atoms with Gasteiger partial charge in [-0.15, -0.1) is 0 Å². The summed E-state index contributed by atoms with van der Waals surface area (Å²) >= 11 is 0. The highest BCUT2D eigenvalue weighted by Crippen LogP contribution is 2.26. The molecule has 0 heterocycles. The van der Waals surface area contributed by atoms with Crippen molar-refractivity contribution >= 4 is 0 Å². The number of aliphatic hydroxyl groups is 1. The summed E-state index contributed by atoms with van der Waals surface area (Å²) in [6.07, 6.45) is 6.53. The van der Waals surface area contributed by atoms with Gasteiger partial charge in [-0.25, -0.2) is 0 Å². The first kappa shape index (κ1) is 14.9. The van der Waals surface area contributed by atoms with E-state index in [1.54, 1.807) is 0 Å². The van der Waals surface area contributed by atoms with Gasteiger partial charge in [-0.1, -0.05) is 26.7 Å². The lowest BCUT2D eigenvalue weighted by Crippen LogP contribution is -2.46. The van der Waals surface area contributed by atoms with Crippen molar-refractivity contribution in [2.75, 3.05) is 26.7 Å². The second-order valence-electron chi connectivity index (χ2n) is 5.70. The molecule has 1 fully saturated rings. The molecule has 1 saturated carbocycles. The minimum Gasteiger partial charge on any atom is -0.395 e. The van der Waals surface area contributed by atoms with Gasteiger partial charge < -0.3 is 15.3 Å². The summed E-state index contributed by atoms with van der Waals surface area (Å²) in [6, 6.07) is 0.952. The maximum atomic E-state index is 9.36. The average molecular weight is 242 g/mol. The lowest BCUT2D eigenvalue weighted by molar-refractivity contribution is 0.130. The number of nitrogens with one attached hydrogen (secondary N) is 1. The molecule has 0 amide bonds. The molecule has 2 N–H and O–H groups in total. The van der Waals surface area contributed by atoms with E-state index < -0.39 is 0 Å². The Morgan fingerprint density at radius 3 is 2.76 bits per heavy atom. The molecule has 3 nitrogen and oxygen atoms in total. The van der Waals surface area contributed by atoms with E-state index in [1.807, 2.05) is 0 Å². The molecule has 0 bridgehead atoms. The molecule has 1 rings (SSSR count). The molecule has 0 saturated heterocycles. The summed E-state index contributed by atoms with van der Waals surface area (Å²) in [7, 11) is 2.21. The van der Waals surface area contributed by atoms with Crippen LogP contribution in [0.1, 0.15) is 46.0 Å². The van der Waals surface area contributed by atoms with Gasteiger partial charge in [0, 0.05) is 18.6 Å². The molecular formula is C14H30N2O. The molecule has 17 heavy (non-hydrogen) atoms. The lowest BCUT2D eigenvalue weighted by Gasteiger charge is -2.36. The van der Waals surface area contributed by atoms with E-state index in [0.29, 0.717) is 0 Å². The molecule has 3 heteroatoms. The maximum absolute atomic E-state index is 9.36. The quantitative estimate of drug-likeness (QED) is 0.715. The molecule has 3 atom stereocenters. The zero-order valence-corrected chi connectivity index (χ0v) is 11.8. The number of nitrogens with zero attached hydrogens (tertiary/aromatic N) is 1. The van der Waals surface area contributed by atoms with Crippen LogP contribution in [0.15, 0.2) is 0 Å². The van der Waals surface area contributed by atoms with Crippen molar-refractivity contribution in [1.29, 1.82) is 0 Å². The minimum atomic E-state index is 0.234. The van der Waals surface area contributed by atoms with Crippen LogP contribution in [0.5, 0.6) is 0 Å². The second kappa shape index (κ2) is 8.06. The topological polar surface area (TPSA) is 35.5 Å². The van der Waals surface area contributed by atoms with Crippen LogP contribution in [0.2, 0.25) is 0 Å². The van der Waals surface area contributed by atoms with Crippen LogP contribution in [0.4, 0.5) is 0 Å². The van der Waals surface area contributed by atoms with Crippen LogP contribution in [0, 0.1) is 5.92 Å². The molecule has 0 aliphatic heterocycles. The van der Waals surface area contributed by atoms with Crippen molar-refractivity contribution in [3.05, 3.63) is 0 Å². The van der Waals surface area contributed by atoms with Gasteiger partial charge in [0.05, 0.1) is 6.61 Å². The summed E-state index contributed by atoms with van der Waals surface area (Å²) in [4.78, 5) is 2.44. The first-order valence-corrected chi connectivity index (χ1v) is 7.21. The Labute approximate surface area is 107 Å². The molecule has 3 unspecified atom stereocenters. The summed E-state index contributed by atoms with van der Waals surface area (Å²) in [5.41, 5.74) is 0. The van der Waals surface area contributed by atoms with Gasteiger partial charge in [0.25, 0.3) is 0 Å². The molecule has 0 aromatic heterocycles. The Bertz CT molecular complexity index is 199. The molecule has 1 aliphatic carbocycles. The number of hydrogen-bond acceptors (Lipinski definition) is 3. The summed E-state index contributed by atoms with van der Waals surface area (Å²) < 4.78 is 0. The van der Waals surface area contributed by atoms with E-state index in [2.05, 4.69) is 31.1 Å². The van der Waals surface area contributed by atoms with Gasteiger partial charge in [0.15, 0.2) is 0 Å². The highest BCUT2D eigenvalue weighted by atomic mass is 16.3. The fraction of sp³-hybridized carbons (Fsp3) is 1.00. The molecule has 0 aromatic rings. The van der Waals surface area contributed by atoms with E-state index in [0.717, 1.165) is 31.5 Å². The smallest absolute Gasteiger partial charge is 0.0597 e. The van der Waals surface area contributed by atoms with Crippen LogP contribution in [-0.2, 0) is 0 Å². The van der Waals surface area contributed by atoms with Crippen molar-refractivity contribution < 1.29 is 5.11 Å². The summed E-state index contributed by atoms with van der Waals surface area (Å²) in [6.45, 7) is 6.73. The molecule has 102 valence electrons. The number of aliphatic hydroxyl groups excluding tert-OH is 1. The zero-order chi connectivity index (χ0) is 12.7. The Morgan fingerprint density at radius 2 is 2.18 bits per heavy atom. The Balaban J connectivity index is 2.32. The fourth-order valence-electron chi connectivity index (χ4n) is 2.83. The predicted octanol–water partition coefficient (Wildman–Crippen LogP) is 1.86. The minimum absolute atomic E-state index is 0.234. The fourth-order valence-corrected chi connectivity index (χ4v) is 2.83. The number of hydrogen-bond donors (Lipinski definition) is 2. The Kier molecular flexibility index (Phi) is 7.09. The van der Waals surface area contributed by atoms with Crippen molar-refractivity contribution in [3.63, 3.8) is 0 Å². The highest BCUT2D eigenvalue weighted by Gasteiger charge is 2.23. The average Bonchev–Trinajstić information content (AvgIpc) is 2.34. The SMILES string of the molecule is CCCNC(CO)CN(C)C1CCCC(C)C1. The molecule has 0 spiro atoms. The molecule has 0 aromatic carbocycles. The van der Waals surface area contributed by atoms with Crippen LogP contribution in [-0.4, -0.2) is 48.8 Å². The van der Waals surface area contributed by atoms with E-state index in [4.69, 9.17) is 0 Å². The summed E-state index contributed by atoms with van der Waals surface area (Å²) in [5, 5.41) is 12.8. The van der Waals surface area contributed by atoms with E-state index in [9.17, 15) is 5.11 Å². The van der Waals surface area contributed by atoms with Crippen molar-refractivity contribution in [2.45, 2.75) is 58.0 Å². The normalized spacial score (nSPS) is 27.4. The van der Waals surface area contributed by atoms with E-state index in [-0.39, 0.29) is 12.6 Å². The van der Waals surface area contributed by atoms with Gasteiger partial charge >= 0.3 is 0 Å². The molecule has 1 aliphatic rings. The summed E-state index contributed by atoms with van der Waals surface area (Å²) in [5.74, 6) is 0.868. The highest BCUT2D eigenvalue weighted by molar-refractivity contribution is 4.80. The largest absolute Gasteiger partial charge is 0.395 e. The monoisotopic (exact) mass is 242 g/mol. The first-order chi connectivity index (χ1) is 8.17. The van der Waals surface area contributed by atoms with Gasteiger partial charge in [0.1, 0.15) is 0 Å². The Hall–Kier alpha value is -0.120. The molecular weight excluding hydrogens is 212 g/mol. The van der Waals surface area contributed by atoms with Gasteiger partial charge in [-0.2, -0.15) is 0 Å². The third kappa shape index (κ3) is 5.36. The van der Waals surface area contributed by atoms with Crippen LogP contribution in [0.3, 0.4) is 0 Å². The van der Waals surface area contributed by atoms with Crippen molar-refractivity contribution in [3.8, 4) is 0 Å².